The Bertz CT molecular complexity index is 650. The van der Waals surface area contributed by atoms with E-state index in [0.717, 1.165) is 6.07 Å². The van der Waals surface area contributed by atoms with Crippen molar-refractivity contribution in [3.05, 3.63) is 30.1 Å². The van der Waals surface area contributed by atoms with Gasteiger partial charge in [0.15, 0.2) is 0 Å². The van der Waals surface area contributed by atoms with Crippen LogP contribution in [0.25, 0.3) is 0 Å². The highest BCUT2D eigenvalue weighted by Crippen LogP contribution is 2.15. The van der Waals surface area contributed by atoms with Crippen molar-refractivity contribution in [3.8, 4) is 0 Å². The standard InChI is InChI=1S/C16H25FN2O3S2/c1-11(2)12(3)18-16(20)14(9-10-23-4)19-24(21,22)15-8-6-5-7-13(15)17/h5-8,11-12,14,19H,9-10H2,1-4H3,(H,18,20). The Morgan fingerprint density at radius 1 is 1.25 bits per heavy atom. The molecule has 0 heterocycles. The number of rotatable bonds is 9. The van der Waals surface area contributed by atoms with Gasteiger partial charge in [-0.3, -0.25) is 4.79 Å². The summed E-state index contributed by atoms with van der Waals surface area (Å²) in [6.07, 6.45) is 2.20. The normalized spacial score (nSPS) is 14.4. The zero-order valence-corrected chi connectivity index (χ0v) is 16.0. The highest BCUT2D eigenvalue weighted by Gasteiger charge is 2.28. The minimum atomic E-state index is -4.12. The van der Waals surface area contributed by atoms with Crippen LogP contribution in [0.1, 0.15) is 27.2 Å². The van der Waals surface area contributed by atoms with E-state index in [1.807, 2.05) is 27.0 Å². The lowest BCUT2D eigenvalue weighted by Crippen LogP contribution is -2.50. The molecule has 0 spiro atoms. The van der Waals surface area contributed by atoms with E-state index in [4.69, 9.17) is 0 Å². The van der Waals surface area contributed by atoms with Gasteiger partial charge in [-0.15, -0.1) is 0 Å². The summed E-state index contributed by atoms with van der Waals surface area (Å²) >= 11 is 1.51. The molecular formula is C16H25FN2O3S2. The number of thioether (sulfide) groups is 1. The Morgan fingerprint density at radius 3 is 2.42 bits per heavy atom. The number of sulfonamides is 1. The first-order chi connectivity index (χ1) is 11.2. The molecule has 0 bridgehead atoms. The number of hydrogen-bond donors (Lipinski definition) is 2. The molecule has 1 amide bonds. The molecule has 2 N–H and O–H groups in total. The van der Waals surface area contributed by atoms with E-state index in [2.05, 4.69) is 10.0 Å². The van der Waals surface area contributed by atoms with Crippen molar-refractivity contribution in [2.24, 2.45) is 5.92 Å². The second-order valence-electron chi connectivity index (χ2n) is 5.93. The summed E-state index contributed by atoms with van der Waals surface area (Å²) in [5.74, 6) is -0.415. The molecule has 136 valence electrons. The van der Waals surface area contributed by atoms with E-state index in [0.29, 0.717) is 12.2 Å². The van der Waals surface area contributed by atoms with Crippen molar-refractivity contribution < 1.29 is 17.6 Å². The second kappa shape index (κ2) is 9.39. The summed E-state index contributed by atoms with van der Waals surface area (Å²) in [5, 5.41) is 2.81. The monoisotopic (exact) mass is 376 g/mol. The minimum Gasteiger partial charge on any atom is -0.352 e. The first-order valence-corrected chi connectivity index (χ1v) is 10.6. The number of hydrogen-bond acceptors (Lipinski definition) is 4. The third-order valence-electron chi connectivity index (χ3n) is 3.72. The molecule has 1 rings (SSSR count). The third kappa shape index (κ3) is 6.07. The fourth-order valence-corrected chi connectivity index (χ4v) is 3.66. The summed E-state index contributed by atoms with van der Waals surface area (Å²) in [5.41, 5.74) is 0. The number of carbonyl (C=O) groups is 1. The van der Waals surface area contributed by atoms with E-state index in [-0.39, 0.29) is 12.0 Å². The lowest BCUT2D eigenvalue weighted by molar-refractivity contribution is -0.123. The van der Waals surface area contributed by atoms with Gasteiger partial charge in [0, 0.05) is 6.04 Å². The third-order valence-corrected chi connectivity index (χ3v) is 5.87. The van der Waals surface area contributed by atoms with Crippen molar-refractivity contribution in [1.29, 1.82) is 0 Å². The lowest BCUT2D eigenvalue weighted by Gasteiger charge is -2.23. The van der Waals surface area contributed by atoms with Gasteiger partial charge in [-0.25, -0.2) is 12.8 Å². The zero-order chi connectivity index (χ0) is 18.3. The van der Waals surface area contributed by atoms with E-state index >= 15 is 0 Å². The molecule has 24 heavy (non-hydrogen) atoms. The summed E-state index contributed by atoms with van der Waals surface area (Å²) < 4.78 is 40.9. The fraction of sp³-hybridized carbons (Fsp3) is 0.562. The zero-order valence-electron chi connectivity index (χ0n) is 14.4. The SMILES string of the molecule is CSCCC(NS(=O)(=O)c1ccccc1F)C(=O)NC(C)C(C)C. The van der Waals surface area contributed by atoms with Gasteiger partial charge in [0.05, 0.1) is 0 Å². The molecule has 1 aromatic rings. The first-order valence-electron chi connectivity index (χ1n) is 7.75. The number of carbonyl (C=O) groups excluding carboxylic acids is 1. The maximum atomic E-state index is 13.8. The van der Waals surface area contributed by atoms with E-state index in [1.165, 1.54) is 30.0 Å². The van der Waals surface area contributed by atoms with Gasteiger partial charge >= 0.3 is 0 Å². The van der Waals surface area contributed by atoms with E-state index in [1.54, 1.807) is 0 Å². The summed E-state index contributed by atoms with van der Waals surface area (Å²) in [7, 11) is -4.12. The van der Waals surface area contributed by atoms with Crippen molar-refractivity contribution in [2.45, 2.75) is 44.2 Å². The Morgan fingerprint density at radius 2 is 1.88 bits per heavy atom. The number of amides is 1. The summed E-state index contributed by atoms with van der Waals surface area (Å²) in [6.45, 7) is 5.79. The topological polar surface area (TPSA) is 75.3 Å². The molecule has 0 aliphatic carbocycles. The number of halogens is 1. The fourth-order valence-electron chi connectivity index (χ4n) is 1.88. The Balaban J connectivity index is 2.96. The molecule has 0 radical (unpaired) electrons. The quantitative estimate of drug-likeness (QED) is 0.694. The largest absolute Gasteiger partial charge is 0.352 e. The smallest absolute Gasteiger partial charge is 0.244 e. The first kappa shape index (κ1) is 20.9. The maximum absolute atomic E-state index is 13.8. The van der Waals surface area contributed by atoms with E-state index in [9.17, 15) is 17.6 Å². The predicted octanol–water partition coefficient (Wildman–Crippen LogP) is 2.39. The van der Waals surface area contributed by atoms with Gasteiger partial charge in [-0.05, 0) is 43.4 Å². The average molecular weight is 377 g/mol. The molecule has 0 aliphatic rings. The average Bonchev–Trinajstić information content (AvgIpc) is 2.51. The second-order valence-corrected chi connectivity index (χ2v) is 8.60. The van der Waals surface area contributed by atoms with Crippen LogP contribution in [0.3, 0.4) is 0 Å². The molecule has 2 atom stereocenters. The van der Waals surface area contributed by atoms with Crippen LogP contribution in [-0.4, -0.2) is 38.4 Å². The van der Waals surface area contributed by atoms with Crippen LogP contribution in [0.15, 0.2) is 29.2 Å². The minimum absolute atomic E-state index is 0.0905. The molecule has 5 nitrogen and oxygen atoms in total. The van der Waals surface area contributed by atoms with Crippen molar-refractivity contribution in [1.82, 2.24) is 10.0 Å². The van der Waals surface area contributed by atoms with Crippen LogP contribution in [0.5, 0.6) is 0 Å². The van der Waals surface area contributed by atoms with Crippen molar-refractivity contribution >= 4 is 27.7 Å². The van der Waals surface area contributed by atoms with E-state index < -0.39 is 32.7 Å². The molecular weight excluding hydrogens is 351 g/mol. The van der Waals surface area contributed by atoms with Crippen molar-refractivity contribution in [3.63, 3.8) is 0 Å². The molecule has 1 aromatic carbocycles. The highest BCUT2D eigenvalue weighted by molar-refractivity contribution is 7.98. The molecule has 2 unspecified atom stereocenters. The number of benzene rings is 1. The molecule has 0 aliphatic heterocycles. The molecule has 0 aromatic heterocycles. The Labute approximate surface area is 147 Å². The molecule has 0 saturated carbocycles. The van der Waals surface area contributed by atoms with Gasteiger partial charge in [0.25, 0.3) is 0 Å². The van der Waals surface area contributed by atoms with Crippen LogP contribution >= 0.6 is 11.8 Å². The number of nitrogens with one attached hydrogen (secondary N) is 2. The highest BCUT2D eigenvalue weighted by atomic mass is 32.2. The van der Waals surface area contributed by atoms with Gasteiger partial charge in [-0.2, -0.15) is 16.5 Å². The Hall–Kier alpha value is -1.12. The molecule has 0 saturated heterocycles. The van der Waals surface area contributed by atoms with Gasteiger partial charge in [0.2, 0.25) is 15.9 Å². The summed E-state index contributed by atoms with van der Waals surface area (Å²) in [4.78, 5) is 12.0. The summed E-state index contributed by atoms with van der Waals surface area (Å²) in [6, 6.07) is 4.08. The molecule has 8 heteroatoms. The Kier molecular flexibility index (Phi) is 8.18. The van der Waals surface area contributed by atoms with Crippen LogP contribution in [0.2, 0.25) is 0 Å². The van der Waals surface area contributed by atoms with Gasteiger partial charge < -0.3 is 5.32 Å². The van der Waals surface area contributed by atoms with Crippen LogP contribution in [-0.2, 0) is 14.8 Å². The molecule has 0 fully saturated rings. The lowest BCUT2D eigenvalue weighted by atomic mass is 10.1. The van der Waals surface area contributed by atoms with Crippen LogP contribution in [0.4, 0.5) is 4.39 Å². The van der Waals surface area contributed by atoms with Crippen LogP contribution < -0.4 is 10.0 Å². The van der Waals surface area contributed by atoms with Gasteiger partial charge in [-0.1, -0.05) is 26.0 Å². The predicted molar refractivity (Wildman–Crippen MR) is 96.0 cm³/mol. The maximum Gasteiger partial charge on any atom is 0.244 e. The van der Waals surface area contributed by atoms with Gasteiger partial charge in [0.1, 0.15) is 16.8 Å². The van der Waals surface area contributed by atoms with Crippen LogP contribution in [0, 0.1) is 11.7 Å². The van der Waals surface area contributed by atoms with Crippen molar-refractivity contribution in [2.75, 3.05) is 12.0 Å².